The number of aromatic nitrogens is 2. The molecule has 0 aliphatic heterocycles. The molecule has 3 aromatic rings. The lowest BCUT2D eigenvalue weighted by Gasteiger charge is -2.11. The molecule has 0 unspecified atom stereocenters. The minimum absolute atomic E-state index is 0.177. The van der Waals surface area contributed by atoms with Crippen molar-refractivity contribution in [2.24, 2.45) is 0 Å². The summed E-state index contributed by atoms with van der Waals surface area (Å²) in [6, 6.07) is 13.6. The lowest BCUT2D eigenvalue weighted by molar-refractivity contribution is -0.116. The van der Waals surface area contributed by atoms with E-state index in [1.807, 2.05) is 61.0 Å². The first kappa shape index (κ1) is 22.6. The van der Waals surface area contributed by atoms with E-state index in [-0.39, 0.29) is 5.91 Å². The summed E-state index contributed by atoms with van der Waals surface area (Å²) in [5, 5.41) is 7.15. The van der Waals surface area contributed by atoms with E-state index >= 15 is 0 Å². The van der Waals surface area contributed by atoms with E-state index < -0.39 is 0 Å². The van der Waals surface area contributed by atoms with E-state index in [1.165, 1.54) is 6.08 Å². The molecule has 3 rings (SSSR count). The Balaban J connectivity index is 1.63. The molecule has 1 heterocycles. The number of hydrogen-bond acceptors (Lipinski definition) is 4. The summed E-state index contributed by atoms with van der Waals surface area (Å²) in [5.41, 5.74) is 3.87. The number of rotatable bonds is 9. The van der Waals surface area contributed by atoms with Crippen LogP contribution in [0, 0.1) is 6.92 Å². The third-order valence-corrected chi connectivity index (χ3v) is 5.41. The fourth-order valence-corrected chi connectivity index (χ4v) is 3.56. The molecule has 162 valence electrons. The van der Waals surface area contributed by atoms with E-state index in [4.69, 9.17) is 9.47 Å². The predicted octanol–water partition coefficient (Wildman–Crippen LogP) is 4.89. The lowest BCUT2D eigenvalue weighted by atomic mass is 10.1. The van der Waals surface area contributed by atoms with Gasteiger partial charge >= 0.3 is 0 Å². The Bertz CT molecular complexity index is 1080. The van der Waals surface area contributed by atoms with Gasteiger partial charge in [-0.1, -0.05) is 18.2 Å². The highest BCUT2D eigenvalue weighted by Crippen LogP contribution is 2.23. The van der Waals surface area contributed by atoms with Crippen LogP contribution in [0.3, 0.4) is 0 Å². The van der Waals surface area contributed by atoms with Crippen molar-refractivity contribution < 1.29 is 14.3 Å². The van der Waals surface area contributed by atoms with Gasteiger partial charge in [0.25, 0.3) is 0 Å². The minimum atomic E-state index is -0.177. The number of halogens is 1. The number of methoxy groups -OCH3 is 1. The molecule has 31 heavy (non-hydrogen) atoms. The maximum atomic E-state index is 12.3. The van der Waals surface area contributed by atoms with Crippen LogP contribution >= 0.6 is 15.9 Å². The summed E-state index contributed by atoms with van der Waals surface area (Å²) in [6.45, 7) is 5.55. The quantitative estimate of drug-likeness (QED) is 0.440. The van der Waals surface area contributed by atoms with Crippen LogP contribution < -0.4 is 14.8 Å². The van der Waals surface area contributed by atoms with Gasteiger partial charge in [0, 0.05) is 18.2 Å². The standard InChI is InChI=1S/C24H26BrN3O3/c1-4-28-22(21(25)14-27-28)15-26-24(29)11-9-18-8-10-23(30-3)19(13-18)16-31-20-7-5-6-17(2)12-20/h5-14H,4,15-16H2,1-3H3,(H,26,29)/b11-9+. The second-order valence-electron chi connectivity index (χ2n) is 6.98. The molecular weight excluding hydrogens is 458 g/mol. The molecule has 1 amide bonds. The smallest absolute Gasteiger partial charge is 0.244 e. The Morgan fingerprint density at radius 3 is 2.84 bits per heavy atom. The highest BCUT2D eigenvalue weighted by molar-refractivity contribution is 9.10. The van der Waals surface area contributed by atoms with Crippen molar-refractivity contribution in [3.05, 3.63) is 81.6 Å². The van der Waals surface area contributed by atoms with E-state index in [2.05, 4.69) is 26.3 Å². The highest BCUT2D eigenvalue weighted by atomic mass is 79.9. The zero-order valence-corrected chi connectivity index (χ0v) is 19.5. The maximum Gasteiger partial charge on any atom is 0.244 e. The number of aryl methyl sites for hydroxylation is 2. The predicted molar refractivity (Wildman–Crippen MR) is 125 cm³/mol. The monoisotopic (exact) mass is 483 g/mol. The molecule has 0 spiro atoms. The second-order valence-corrected chi connectivity index (χ2v) is 7.84. The van der Waals surface area contributed by atoms with Gasteiger partial charge in [-0.2, -0.15) is 5.10 Å². The largest absolute Gasteiger partial charge is 0.496 e. The Morgan fingerprint density at radius 2 is 2.10 bits per heavy atom. The molecule has 0 saturated heterocycles. The number of benzene rings is 2. The van der Waals surface area contributed by atoms with Gasteiger partial charge in [-0.25, -0.2) is 0 Å². The van der Waals surface area contributed by atoms with Gasteiger partial charge in [-0.05, 0) is 71.2 Å². The van der Waals surface area contributed by atoms with Crippen molar-refractivity contribution >= 4 is 27.9 Å². The molecule has 6 nitrogen and oxygen atoms in total. The van der Waals surface area contributed by atoms with Crippen LogP contribution in [-0.2, 0) is 24.5 Å². The number of carbonyl (C=O) groups excluding carboxylic acids is 1. The summed E-state index contributed by atoms with van der Waals surface area (Å²) >= 11 is 3.46. The van der Waals surface area contributed by atoms with E-state index in [0.29, 0.717) is 13.2 Å². The zero-order valence-electron chi connectivity index (χ0n) is 17.9. The normalized spacial score (nSPS) is 11.0. The first-order valence-electron chi connectivity index (χ1n) is 10.0. The molecule has 0 atom stereocenters. The van der Waals surface area contributed by atoms with Crippen molar-refractivity contribution in [3.8, 4) is 11.5 Å². The lowest BCUT2D eigenvalue weighted by Crippen LogP contribution is -2.22. The molecule has 0 aliphatic rings. The van der Waals surface area contributed by atoms with Gasteiger partial charge in [0.05, 0.1) is 30.0 Å². The molecule has 1 aromatic heterocycles. The van der Waals surface area contributed by atoms with Crippen LogP contribution in [0.25, 0.3) is 6.08 Å². The number of amides is 1. The van der Waals surface area contributed by atoms with Gasteiger partial charge < -0.3 is 14.8 Å². The van der Waals surface area contributed by atoms with Crippen molar-refractivity contribution in [1.82, 2.24) is 15.1 Å². The second kappa shape index (κ2) is 10.8. The number of nitrogens with zero attached hydrogens (tertiary/aromatic N) is 2. The first-order chi connectivity index (χ1) is 15.0. The molecule has 0 aliphatic carbocycles. The van der Waals surface area contributed by atoms with Crippen molar-refractivity contribution in [1.29, 1.82) is 0 Å². The fourth-order valence-electron chi connectivity index (χ4n) is 3.12. The van der Waals surface area contributed by atoms with Crippen molar-refractivity contribution in [2.45, 2.75) is 33.5 Å². The van der Waals surface area contributed by atoms with Crippen LogP contribution in [0.1, 0.15) is 29.3 Å². The third-order valence-electron chi connectivity index (χ3n) is 4.74. The Hall–Kier alpha value is -3.06. The molecule has 1 N–H and O–H groups in total. The number of hydrogen-bond donors (Lipinski definition) is 1. The number of ether oxygens (including phenoxy) is 2. The average Bonchev–Trinajstić information content (AvgIpc) is 3.14. The van der Waals surface area contributed by atoms with Crippen LogP contribution in [0.2, 0.25) is 0 Å². The zero-order chi connectivity index (χ0) is 22.2. The van der Waals surface area contributed by atoms with E-state index in [1.54, 1.807) is 19.4 Å². The topological polar surface area (TPSA) is 65.4 Å². The molecule has 0 bridgehead atoms. The summed E-state index contributed by atoms with van der Waals surface area (Å²) in [4.78, 5) is 12.3. The Kier molecular flexibility index (Phi) is 7.89. The summed E-state index contributed by atoms with van der Waals surface area (Å²) < 4.78 is 14.1. The van der Waals surface area contributed by atoms with Crippen LogP contribution in [0.4, 0.5) is 0 Å². The molecule has 0 saturated carbocycles. The van der Waals surface area contributed by atoms with Gasteiger partial charge in [0.1, 0.15) is 18.1 Å². The van der Waals surface area contributed by atoms with Crippen molar-refractivity contribution in [2.75, 3.05) is 7.11 Å². The van der Waals surface area contributed by atoms with Crippen LogP contribution in [0.15, 0.2) is 59.2 Å². The SMILES string of the molecule is CCn1ncc(Br)c1CNC(=O)/C=C/c1ccc(OC)c(COc2cccc(C)c2)c1. The average molecular weight is 484 g/mol. The van der Waals surface area contributed by atoms with Crippen molar-refractivity contribution in [3.63, 3.8) is 0 Å². The van der Waals surface area contributed by atoms with E-state index in [0.717, 1.165) is 44.9 Å². The Labute approximate surface area is 191 Å². The summed E-state index contributed by atoms with van der Waals surface area (Å²) in [6.07, 6.45) is 5.03. The molecule has 0 radical (unpaired) electrons. The van der Waals surface area contributed by atoms with Crippen LogP contribution in [-0.4, -0.2) is 22.8 Å². The van der Waals surface area contributed by atoms with E-state index in [9.17, 15) is 4.79 Å². The first-order valence-corrected chi connectivity index (χ1v) is 10.8. The number of carbonyl (C=O) groups is 1. The van der Waals surface area contributed by atoms with Gasteiger partial charge in [0.15, 0.2) is 0 Å². The molecule has 0 fully saturated rings. The highest BCUT2D eigenvalue weighted by Gasteiger charge is 2.09. The number of nitrogens with one attached hydrogen (secondary N) is 1. The third kappa shape index (κ3) is 6.21. The summed E-state index contributed by atoms with van der Waals surface area (Å²) in [5.74, 6) is 1.37. The maximum absolute atomic E-state index is 12.3. The molecule has 2 aromatic carbocycles. The van der Waals surface area contributed by atoms with Gasteiger partial charge in [0.2, 0.25) is 5.91 Å². The molecule has 7 heteroatoms. The molecular formula is C24H26BrN3O3. The van der Waals surface area contributed by atoms with Gasteiger partial charge in [-0.15, -0.1) is 0 Å². The Morgan fingerprint density at radius 1 is 1.26 bits per heavy atom. The van der Waals surface area contributed by atoms with Crippen LogP contribution in [0.5, 0.6) is 11.5 Å². The fraction of sp³-hybridized carbons (Fsp3) is 0.250. The summed E-state index contributed by atoms with van der Waals surface area (Å²) in [7, 11) is 1.63. The minimum Gasteiger partial charge on any atom is -0.496 e. The van der Waals surface area contributed by atoms with Gasteiger partial charge in [-0.3, -0.25) is 9.48 Å².